The lowest BCUT2D eigenvalue weighted by atomic mass is 10.1. The van der Waals surface area contributed by atoms with Crippen molar-refractivity contribution in [2.45, 2.75) is 6.42 Å². The lowest BCUT2D eigenvalue weighted by Crippen LogP contribution is -1.94. The number of hydrogen-bond donors (Lipinski definition) is 3. The third kappa shape index (κ3) is 2.41. The van der Waals surface area contributed by atoms with E-state index in [-0.39, 0.29) is 6.61 Å². The average Bonchev–Trinajstić information content (AvgIpc) is 2.85. The highest BCUT2D eigenvalue weighted by atomic mass is 16.2. The summed E-state index contributed by atoms with van der Waals surface area (Å²) >= 11 is 0. The molecule has 0 aliphatic heterocycles. The number of nitrogens with zero attached hydrogens (tertiary/aromatic N) is 2. The summed E-state index contributed by atoms with van der Waals surface area (Å²) in [5.41, 5.74) is 3.78. The van der Waals surface area contributed by atoms with Crippen LogP contribution in [-0.2, 0) is 6.42 Å². The van der Waals surface area contributed by atoms with Gasteiger partial charge in [-0.1, -0.05) is 12.1 Å². The first-order chi connectivity index (χ1) is 9.36. The maximum atomic E-state index is 8.88. The maximum Gasteiger partial charge on any atom is 0.178 e. The fourth-order valence-corrected chi connectivity index (χ4v) is 1.96. The van der Waals surface area contributed by atoms with Crippen LogP contribution >= 0.6 is 0 Å². The molecule has 3 rings (SSSR count). The molecule has 0 unspecified atom stereocenters. The first-order valence-corrected chi connectivity index (χ1v) is 6.13. The number of aliphatic hydroxyl groups excluding tert-OH is 1. The molecule has 0 atom stereocenters. The Kier molecular flexibility index (Phi) is 3.12. The van der Waals surface area contributed by atoms with Crippen LogP contribution in [0, 0.1) is 0 Å². The summed E-state index contributed by atoms with van der Waals surface area (Å²) in [5.74, 6) is 0.713. The molecule has 3 aromatic rings. The van der Waals surface area contributed by atoms with Crippen LogP contribution in [0.25, 0.3) is 11.0 Å². The lowest BCUT2D eigenvalue weighted by Gasteiger charge is -2.04. The van der Waals surface area contributed by atoms with Crippen molar-refractivity contribution in [3.63, 3.8) is 0 Å². The van der Waals surface area contributed by atoms with Crippen molar-refractivity contribution in [1.29, 1.82) is 0 Å². The smallest absolute Gasteiger partial charge is 0.178 e. The van der Waals surface area contributed by atoms with E-state index in [0.29, 0.717) is 12.2 Å². The molecule has 2 aromatic heterocycles. The number of rotatable bonds is 4. The van der Waals surface area contributed by atoms with Gasteiger partial charge in [0.05, 0.1) is 5.52 Å². The largest absolute Gasteiger partial charge is 0.396 e. The van der Waals surface area contributed by atoms with Gasteiger partial charge in [-0.15, -0.1) is 0 Å². The molecule has 0 radical (unpaired) electrons. The fraction of sp³-hybridized carbons (Fsp3) is 0.143. The fourth-order valence-electron chi connectivity index (χ4n) is 1.96. The van der Waals surface area contributed by atoms with Gasteiger partial charge in [-0.05, 0) is 36.2 Å². The molecule has 0 aliphatic carbocycles. The molecular formula is C14H14N4O. The van der Waals surface area contributed by atoms with E-state index >= 15 is 0 Å². The number of benzene rings is 1. The van der Waals surface area contributed by atoms with Crippen LogP contribution in [0.5, 0.6) is 0 Å². The van der Waals surface area contributed by atoms with Crippen LogP contribution in [0.3, 0.4) is 0 Å². The summed E-state index contributed by atoms with van der Waals surface area (Å²) in [7, 11) is 0. The normalized spacial score (nSPS) is 10.8. The molecular weight excluding hydrogens is 240 g/mol. The average molecular weight is 254 g/mol. The highest BCUT2D eigenvalue weighted by molar-refractivity contribution is 5.87. The van der Waals surface area contributed by atoms with Crippen molar-refractivity contribution < 1.29 is 5.11 Å². The monoisotopic (exact) mass is 254 g/mol. The molecule has 3 N–H and O–H groups in total. The summed E-state index contributed by atoms with van der Waals surface area (Å²) in [6.45, 7) is 0.167. The number of fused-ring (bicyclic) bond motifs is 1. The molecule has 2 heterocycles. The van der Waals surface area contributed by atoms with E-state index in [1.165, 1.54) is 0 Å². The van der Waals surface area contributed by atoms with E-state index in [1.54, 1.807) is 6.20 Å². The predicted molar refractivity (Wildman–Crippen MR) is 74.4 cm³/mol. The first-order valence-electron chi connectivity index (χ1n) is 6.13. The van der Waals surface area contributed by atoms with E-state index < -0.39 is 0 Å². The van der Waals surface area contributed by atoms with Gasteiger partial charge in [0.25, 0.3) is 0 Å². The van der Waals surface area contributed by atoms with E-state index in [9.17, 15) is 0 Å². The highest BCUT2D eigenvalue weighted by Crippen LogP contribution is 2.21. The molecule has 0 bridgehead atoms. The standard InChI is InChI=1S/C14H14N4O/c19-9-7-10-3-5-11(6-4-10)16-14-13-12(17-18-14)2-1-8-15-13/h1-6,8,19H,7,9H2,(H2,16,17,18). The number of anilines is 2. The van der Waals surface area contributed by atoms with E-state index in [2.05, 4.69) is 20.5 Å². The van der Waals surface area contributed by atoms with Crippen molar-refractivity contribution in [2.24, 2.45) is 0 Å². The number of pyridine rings is 1. The second-order valence-corrected chi connectivity index (χ2v) is 4.27. The second-order valence-electron chi connectivity index (χ2n) is 4.27. The number of aromatic amines is 1. The van der Waals surface area contributed by atoms with Gasteiger partial charge in [-0.3, -0.25) is 10.1 Å². The summed E-state index contributed by atoms with van der Waals surface area (Å²) in [6, 6.07) is 11.7. The Balaban J connectivity index is 1.84. The molecule has 0 aliphatic rings. The number of nitrogens with one attached hydrogen (secondary N) is 2. The molecule has 0 spiro atoms. The molecule has 0 fully saturated rings. The SMILES string of the molecule is OCCc1ccc(Nc2n[nH]c3cccnc23)cc1. The van der Waals surface area contributed by atoms with Crippen molar-refractivity contribution in [3.05, 3.63) is 48.2 Å². The van der Waals surface area contributed by atoms with Crippen LogP contribution in [0.4, 0.5) is 11.5 Å². The summed E-state index contributed by atoms with van der Waals surface area (Å²) < 4.78 is 0. The molecule has 96 valence electrons. The van der Waals surface area contributed by atoms with Crippen LogP contribution in [0.15, 0.2) is 42.6 Å². The quantitative estimate of drug-likeness (QED) is 0.667. The minimum absolute atomic E-state index is 0.167. The zero-order valence-corrected chi connectivity index (χ0v) is 10.3. The van der Waals surface area contributed by atoms with Gasteiger partial charge < -0.3 is 10.4 Å². The van der Waals surface area contributed by atoms with Gasteiger partial charge in [0.1, 0.15) is 5.52 Å². The molecule has 5 heteroatoms. The van der Waals surface area contributed by atoms with Gasteiger partial charge in [-0.25, -0.2) is 0 Å². The third-order valence-corrected chi connectivity index (χ3v) is 2.94. The number of H-pyrrole nitrogens is 1. The molecule has 0 saturated carbocycles. The Labute approximate surface area is 110 Å². The van der Waals surface area contributed by atoms with Crippen molar-refractivity contribution in [1.82, 2.24) is 15.2 Å². The molecule has 0 saturated heterocycles. The van der Waals surface area contributed by atoms with E-state index in [4.69, 9.17) is 5.11 Å². The minimum Gasteiger partial charge on any atom is -0.396 e. The Morgan fingerprint density at radius 1 is 1.16 bits per heavy atom. The van der Waals surface area contributed by atoms with Crippen molar-refractivity contribution in [3.8, 4) is 0 Å². The minimum atomic E-state index is 0.167. The van der Waals surface area contributed by atoms with Crippen LogP contribution in [-0.4, -0.2) is 26.9 Å². The first kappa shape index (κ1) is 11.7. The molecule has 19 heavy (non-hydrogen) atoms. The Hall–Kier alpha value is -2.40. The van der Waals surface area contributed by atoms with Gasteiger partial charge in [-0.2, -0.15) is 5.10 Å². The Bertz CT molecular complexity index is 675. The Morgan fingerprint density at radius 2 is 2.00 bits per heavy atom. The highest BCUT2D eigenvalue weighted by Gasteiger charge is 2.06. The molecule has 0 amide bonds. The number of aliphatic hydroxyl groups is 1. The second kappa shape index (κ2) is 5.07. The van der Waals surface area contributed by atoms with Crippen LogP contribution in [0.1, 0.15) is 5.56 Å². The third-order valence-electron chi connectivity index (χ3n) is 2.94. The summed E-state index contributed by atoms with van der Waals surface area (Å²) in [5, 5.41) is 19.2. The van der Waals surface area contributed by atoms with Crippen molar-refractivity contribution >= 4 is 22.5 Å². The topological polar surface area (TPSA) is 73.8 Å². The van der Waals surface area contributed by atoms with Gasteiger partial charge in [0, 0.05) is 18.5 Å². The van der Waals surface area contributed by atoms with E-state index in [0.717, 1.165) is 22.3 Å². The summed E-state index contributed by atoms with van der Waals surface area (Å²) in [6.07, 6.45) is 2.42. The zero-order valence-electron chi connectivity index (χ0n) is 10.3. The van der Waals surface area contributed by atoms with Gasteiger partial charge >= 0.3 is 0 Å². The Morgan fingerprint density at radius 3 is 2.79 bits per heavy atom. The van der Waals surface area contributed by atoms with E-state index in [1.807, 2.05) is 36.4 Å². The van der Waals surface area contributed by atoms with Crippen LogP contribution < -0.4 is 5.32 Å². The number of hydrogen-bond acceptors (Lipinski definition) is 4. The van der Waals surface area contributed by atoms with Gasteiger partial charge in [0.2, 0.25) is 0 Å². The predicted octanol–water partition coefficient (Wildman–Crippen LogP) is 2.24. The van der Waals surface area contributed by atoms with Crippen molar-refractivity contribution in [2.75, 3.05) is 11.9 Å². The molecule has 5 nitrogen and oxygen atoms in total. The van der Waals surface area contributed by atoms with Gasteiger partial charge in [0.15, 0.2) is 5.82 Å². The van der Waals surface area contributed by atoms with Crippen LogP contribution in [0.2, 0.25) is 0 Å². The number of aromatic nitrogens is 3. The molecule has 1 aromatic carbocycles. The zero-order chi connectivity index (χ0) is 13.1. The summed E-state index contributed by atoms with van der Waals surface area (Å²) in [4.78, 5) is 4.30. The lowest BCUT2D eigenvalue weighted by molar-refractivity contribution is 0.299. The maximum absolute atomic E-state index is 8.88.